The van der Waals surface area contributed by atoms with Gasteiger partial charge in [-0.25, -0.2) is 4.79 Å². The van der Waals surface area contributed by atoms with Crippen molar-refractivity contribution in [3.05, 3.63) is 22.6 Å². The first kappa shape index (κ1) is 13.8. The zero-order chi connectivity index (χ0) is 13.0. The van der Waals surface area contributed by atoms with Crippen LogP contribution in [0.2, 0.25) is 0 Å². The standard InChI is InChI=1S/C11H14BrNO4/c1-6(2)5-8(11(15)16)13-10(14)9-7(12)3-4-17-9/h3-4,6,8H,5H2,1-2H3,(H,13,14)(H,15,16)/t8-/m1/s1. The van der Waals surface area contributed by atoms with Gasteiger partial charge in [0.1, 0.15) is 6.04 Å². The summed E-state index contributed by atoms with van der Waals surface area (Å²) in [5, 5.41) is 11.4. The first-order valence-corrected chi connectivity index (χ1v) is 5.97. The molecule has 0 bridgehead atoms. The smallest absolute Gasteiger partial charge is 0.326 e. The summed E-state index contributed by atoms with van der Waals surface area (Å²) in [6.45, 7) is 3.79. The number of carboxylic acid groups (broad SMARTS) is 1. The minimum atomic E-state index is -1.05. The Morgan fingerprint density at radius 3 is 2.59 bits per heavy atom. The van der Waals surface area contributed by atoms with Crippen LogP contribution >= 0.6 is 15.9 Å². The van der Waals surface area contributed by atoms with Gasteiger partial charge in [-0.15, -0.1) is 0 Å². The molecule has 5 nitrogen and oxygen atoms in total. The zero-order valence-electron chi connectivity index (χ0n) is 9.57. The molecule has 0 unspecified atom stereocenters. The molecule has 0 aliphatic heterocycles. The maximum atomic E-state index is 11.7. The van der Waals surface area contributed by atoms with Gasteiger partial charge in [0.2, 0.25) is 5.76 Å². The third kappa shape index (κ3) is 3.89. The molecule has 0 aliphatic rings. The molecular formula is C11H14BrNO4. The van der Waals surface area contributed by atoms with Crippen molar-refractivity contribution in [2.45, 2.75) is 26.3 Å². The van der Waals surface area contributed by atoms with Crippen LogP contribution in [0.1, 0.15) is 30.8 Å². The van der Waals surface area contributed by atoms with E-state index in [0.717, 1.165) is 0 Å². The van der Waals surface area contributed by atoms with E-state index in [1.54, 1.807) is 6.07 Å². The summed E-state index contributed by atoms with van der Waals surface area (Å²) >= 11 is 3.14. The number of carbonyl (C=O) groups is 2. The number of amides is 1. The van der Waals surface area contributed by atoms with Crippen molar-refractivity contribution in [2.24, 2.45) is 5.92 Å². The SMILES string of the molecule is CC(C)C[C@@H](NC(=O)c1occc1Br)C(=O)O. The van der Waals surface area contributed by atoms with Crippen molar-refractivity contribution >= 4 is 27.8 Å². The Kier molecular flexibility index (Phi) is 4.74. The maximum Gasteiger partial charge on any atom is 0.326 e. The highest BCUT2D eigenvalue weighted by atomic mass is 79.9. The number of carbonyl (C=O) groups excluding carboxylic acids is 1. The molecule has 2 N–H and O–H groups in total. The van der Waals surface area contributed by atoms with Crippen LogP contribution in [0.5, 0.6) is 0 Å². The molecule has 0 saturated heterocycles. The third-order valence-corrected chi connectivity index (χ3v) is 2.76. The summed E-state index contributed by atoms with van der Waals surface area (Å²) < 4.78 is 5.46. The minimum Gasteiger partial charge on any atom is -0.480 e. The lowest BCUT2D eigenvalue weighted by Crippen LogP contribution is -2.41. The van der Waals surface area contributed by atoms with Crippen LogP contribution in [-0.2, 0) is 4.79 Å². The van der Waals surface area contributed by atoms with Crippen molar-refractivity contribution in [1.82, 2.24) is 5.32 Å². The van der Waals surface area contributed by atoms with Crippen LogP contribution in [0, 0.1) is 5.92 Å². The number of halogens is 1. The highest BCUT2D eigenvalue weighted by Gasteiger charge is 2.24. The molecule has 0 aromatic carbocycles. The number of hydrogen-bond donors (Lipinski definition) is 2. The summed E-state index contributed by atoms with van der Waals surface area (Å²) in [6, 6.07) is 0.673. The van der Waals surface area contributed by atoms with Crippen LogP contribution in [0.4, 0.5) is 0 Å². The lowest BCUT2D eigenvalue weighted by molar-refractivity contribution is -0.139. The van der Waals surface area contributed by atoms with E-state index < -0.39 is 17.9 Å². The lowest BCUT2D eigenvalue weighted by Gasteiger charge is -2.15. The first-order chi connectivity index (χ1) is 7.91. The minimum absolute atomic E-state index is 0.0833. The maximum absolute atomic E-state index is 11.7. The molecule has 0 saturated carbocycles. The van der Waals surface area contributed by atoms with Crippen LogP contribution in [0.3, 0.4) is 0 Å². The number of aliphatic carboxylic acids is 1. The second-order valence-electron chi connectivity index (χ2n) is 4.09. The Morgan fingerprint density at radius 1 is 1.53 bits per heavy atom. The van der Waals surface area contributed by atoms with Crippen LogP contribution in [0.15, 0.2) is 21.2 Å². The van der Waals surface area contributed by atoms with Crippen LogP contribution in [-0.4, -0.2) is 23.0 Å². The fourth-order valence-corrected chi connectivity index (χ4v) is 1.75. The highest BCUT2D eigenvalue weighted by Crippen LogP contribution is 2.17. The number of rotatable bonds is 5. The summed E-state index contributed by atoms with van der Waals surface area (Å²) in [5.41, 5.74) is 0. The van der Waals surface area contributed by atoms with E-state index in [1.807, 2.05) is 13.8 Å². The second-order valence-corrected chi connectivity index (χ2v) is 4.95. The third-order valence-electron chi connectivity index (χ3n) is 2.13. The fourth-order valence-electron chi connectivity index (χ4n) is 1.37. The van der Waals surface area contributed by atoms with Gasteiger partial charge in [0.25, 0.3) is 5.91 Å². The molecule has 0 aliphatic carbocycles. The number of hydrogen-bond acceptors (Lipinski definition) is 3. The molecule has 1 rings (SSSR count). The van der Waals surface area contributed by atoms with Gasteiger partial charge in [-0.2, -0.15) is 0 Å². The van der Waals surface area contributed by atoms with E-state index in [0.29, 0.717) is 10.9 Å². The molecule has 0 spiro atoms. The van der Waals surface area contributed by atoms with Gasteiger partial charge in [0.15, 0.2) is 0 Å². The van der Waals surface area contributed by atoms with E-state index in [2.05, 4.69) is 21.2 Å². The Labute approximate surface area is 107 Å². The van der Waals surface area contributed by atoms with Crippen molar-refractivity contribution in [3.8, 4) is 0 Å². The summed E-state index contributed by atoms with van der Waals surface area (Å²) in [5.74, 6) is -1.32. The summed E-state index contributed by atoms with van der Waals surface area (Å²) in [6.07, 6.45) is 1.73. The van der Waals surface area contributed by atoms with Crippen LogP contribution in [0.25, 0.3) is 0 Å². The average molecular weight is 304 g/mol. The molecule has 0 fully saturated rings. The largest absolute Gasteiger partial charge is 0.480 e. The molecule has 1 aromatic rings. The zero-order valence-corrected chi connectivity index (χ0v) is 11.2. The normalized spacial score (nSPS) is 12.5. The van der Waals surface area contributed by atoms with Gasteiger partial charge in [-0.05, 0) is 34.3 Å². The Morgan fingerprint density at radius 2 is 2.18 bits per heavy atom. The van der Waals surface area contributed by atoms with Gasteiger partial charge in [0, 0.05) is 0 Å². The lowest BCUT2D eigenvalue weighted by atomic mass is 10.0. The van der Waals surface area contributed by atoms with Crippen molar-refractivity contribution in [1.29, 1.82) is 0 Å². The van der Waals surface area contributed by atoms with E-state index in [4.69, 9.17) is 9.52 Å². The summed E-state index contributed by atoms with van der Waals surface area (Å²) in [7, 11) is 0. The van der Waals surface area contributed by atoms with E-state index in [1.165, 1.54) is 6.26 Å². The topological polar surface area (TPSA) is 79.5 Å². The number of furan rings is 1. The van der Waals surface area contributed by atoms with Gasteiger partial charge >= 0.3 is 5.97 Å². The average Bonchev–Trinajstić information content (AvgIpc) is 2.62. The molecule has 6 heteroatoms. The molecule has 1 atom stereocenters. The Hall–Kier alpha value is -1.30. The van der Waals surface area contributed by atoms with E-state index in [9.17, 15) is 9.59 Å². The van der Waals surface area contributed by atoms with Gasteiger partial charge in [-0.1, -0.05) is 13.8 Å². The fraction of sp³-hybridized carbons (Fsp3) is 0.455. The predicted octanol–water partition coefficient (Wildman–Crippen LogP) is 2.27. The second kappa shape index (κ2) is 5.86. The predicted molar refractivity (Wildman–Crippen MR) is 64.8 cm³/mol. The van der Waals surface area contributed by atoms with Crippen molar-refractivity contribution < 1.29 is 19.1 Å². The quantitative estimate of drug-likeness (QED) is 0.874. The molecule has 17 heavy (non-hydrogen) atoms. The van der Waals surface area contributed by atoms with Crippen molar-refractivity contribution in [2.75, 3.05) is 0 Å². The molecule has 1 aromatic heterocycles. The molecule has 1 amide bonds. The molecule has 1 heterocycles. The molecule has 0 radical (unpaired) electrons. The highest BCUT2D eigenvalue weighted by molar-refractivity contribution is 9.10. The Bertz CT molecular complexity index is 413. The molecular weight excluding hydrogens is 290 g/mol. The van der Waals surface area contributed by atoms with Gasteiger partial charge in [0.05, 0.1) is 10.7 Å². The monoisotopic (exact) mass is 303 g/mol. The Balaban J connectivity index is 2.71. The molecule has 94 valence electrons. The van der Waals surface area contributed by atoms with Crippen LogP contribution < -0.4 is 5.32 Å². The number of nitrogens with one attached hydrogen (secondary N) is 1. The summed E-state index contributed by atoms with van der Waals surface area (Å²) in [4.78, 5) is 22.7. The van der Waals surface area contributed by atoms with Gasteiger partial charge in [-0.3, -0.25) is 4.79 Å². The van der Waals surface area contributed by atoms with Crippen molar-refractivity contribution in [3.63, 3.8) is 0 Å². The van der Waals surface area contributed by atoms with E-state index >= 15 is 0 Å². The van der Waals surface area contributed by atoms with Gasteiger partial charge < -0.3 is 14.8 Å². The van der Waals surface area contributed by atoms with E-state index in [-0.39, 0.29) is 11.7 Å². The first-order valence-electron chi connectivity index (χ1n) is 5.18. The number of carboxylic acids is 1.